The largest absolute Gasteiger partial charge is 0.496 e. The van der Waals surface area contributed by atoms with Gasteiger partial charge < -0.3 is 4.74 Å². The number of amides is 1. The first-order chi connectivity index (χ1) is 14.6. The number of methoxy groups -OCH3 is 1. The number of carbonyl (C=O) groups excluding carboxylic acids is 1. The van der Waals surface area contributed by atoms with Gasteiger partial charge in [0.2, 0.25) is 0 Å². The van der Waals surface area contributed by atoms with Crippen molar-refractivity contribution in [3.63, 3.8) is 0 Å². The molecular formula is C22H17BrN4O2S. The van der Waals surface area contributed by atoms with Crippen molar-refractivity contribution in [1.82, 2.24) is 10.3 Å². The van der Waals surface area contributed by atoms with Crippen LogP contribution in [-0.2, 0) is 4.79 Å². The number of fused-ring (bicyclic) bond motifs is 3. The normalized spacial score (nSPS) is 17.6. The standard InChI is InChI=1S/C22H17BrN4O2S/c1-29-17-10-7-12-5-3-4-6-14(12)18(17)20-24-16-9-8-13(23)11-15(16)19-21(28)25-22(30-2)26-27(19)20/h3-11,20H,1-2H3,(H,25,26,28). The number of carbonyl (C=O) groups is 1. The van der Waals surface area contributed by atoms with Gasteiger partial charge in [-0.1, -0.05) is 58.0 Å². The van der Waals surface area contributed by atoms with Crippen molar-refractivity contribution in [3.05, 3.63) is 75.2 Å². The molecule has 0 spiro atoms. The molecule has 0 radical (unpaired) electrons. The fourth-order valence-corrected chi connectivity index (χ4v) is 4.58. The van der Waals surface area contributed by atoms with Gasteiger partial charge in [0.05, 0.1) is 12.5 Å². The fourth-order valence-electron chi connectivity index (χ4n) is 3.85. The second kappa shape index (κ2) is 7.45. The molecule has 1 atom stereocenters. The number of halogens is 1. The van der Waals surface area contributed by atoms with E-state index in [4.69, 9.17) is 14.8 Å². The maximum Gasteiger partial charge on any atom is 0.276 e. The van der Waals surface area contributed by atoms with Crippen molar-refractivity contribution in [2.24, 2.45) is 10.1 Å². The van der Waals surface area contributed by atoms with E-state index in [0.717, 1.165) is 31.4 Å². The van der Waals surface area contributed by atoms with Gasteiger partial charge in [-0.2, -0.15) is 0 Å². The first-order valence-corrected chi connectivity index (χ1v) is 11.3. The topological polar surface area (TPSA) is 66.3 Å². The van der Waals surface area contributed by atoms with Crippen molar-refractivity contribution in [3.8, 4) is 5.75 Å². The number of thioether (sulfide) groups is 1. The first-order valence-electron chi connectivity index (χ1n) is 9.27. The van der Waals surface area contributed by atoms with E-state index in [1.165, 1.54) is 11.8 Å². The molecule has 3 aromatic carbocycles. The zero-order chi connectivity index (χ0) is 20.8. The molecule has 5 rings (SSSR count). The molecule has 30 heavy (non-hydrogen) atoms. The summed E-state index contributed by atoms with van der Waals surface area (Å²) in [7, 11) is 1.64. The highest BCUT2D eigenvalue weighted by Gasteiger charge is 2.36. The van der Waals surface area contributed by atoms with Crippen LogP contribution in [0.15, 0.2) is 69.2 Å². The SMILES string of the molecule is COc1ccc2ccccc2c1C1N=c2ccc(Br)cc2=C2C(=O)NC(SC)=NN21. The molecule has 2 aliphatic rings. The zero-order valence-electron chi connectivity index (χ0n) is 16.2. The second-order valence-electron chi connectivity index (χ2n) is 6.82. The van der Waals surface area contributed by atoms with Crippen molar-refractivity contribution in [2.45, 2.75) is 6.17 Å². The van der Waals surface area contributed by atoms with Gasteiger partial charge in [0, 0.05) is 15.3 Å². The average Bonchev–Trinajstić information content (AvgIpc) is 2.77. The second-order valence-corrected chi connectivity index (χ2v) is 8.53. The van der Waals surface area contributed by atoms with E-state index in [0.29, 0.717) is 16.6 Å². The van der Waals surface area contributed by atoms with E-state index < -0.39 is 6.17 Å². The predicted octanol–water partition coefficient (Wildman–Crippen LogP) is 3.12. The number of rotatable bonds is 2. The lowest BCUT2D eigenvalue weighted by Crippen LogP contribution is -2.50. The highest BCUT2D eigenvalue weighted by molar-refractivity contribution is 9.10. The molecule has 3 aromatic rings. The van der Waals surface area contributed by atoms with Crippen LogP contribution in [0.1, 0.15) is 11.7 Å². The monoisotopic (exact) mass is 480 g/mol. The number of nitrogens with zero attached hydrogens (tertiary/aromatic N) is 3. The van der Waals surface area contributed by atoms with Crippen molar-refractivity contribution in [2.75, 3.05) is 13.4 Å². The Kier molecular flexibility index (Phi) is 4.75. The Morgan fingerprint density at radius 3 is 2.80 bits per heavy atom. The summed E-state index contributed by atoms with van der Waals surface area (Å²) in [6, 6.07) is 17.8. The van der Waals surface area contributed by atoms with Crippen LogP contribution in [-0.4, -0.2) is 29.4 Å². The minimum atomic E-state index is -0.539. The smallest absolute Gasteiger partial charge is 0.276 e. The van der Waals surface area contributed by atoms with E-state index in [1.54, 1.807) is 12.1 Å². The third kappa shape index (κ3) is 2.98. The maximum absolute atomic E-state index is 13.1. The van der Waals surface area contributed by atoms with Gasteiger partial charge in [0.1, 0.15) is 11.4 Å². The van der Waals surface area contributed by atoms with E-state index in [1.807, 2.05) is 54.8 Å². The van der Waals surface area contributed by atoms with Crippen LogP contribution in [0.3, 0.4) is 0 Å². The number of benzene rings is 3. The molecule has 150 valence electrons. The summed E-state index contributed by atoms with van der Waals surface area (Å²) in [6.07, 6.45) is 1.34. The highest BCUT2D eigenvalue weighted by Crippen LogP contribution is 2.39. The van der Waals surface area contributed by atoms with Crippen LogP contribution in [0.2, 0.25) is 0 Å². The molecule has 0 fully saturated rings. The van der Waals surface area contributed by atoms with E-state index in [9.17, 15) is 4.79 Å². The molecule has 0 aliphatic carbocycles. The first kappa shape index (κ1) is 19.1. The van der Waals surface area contributed by atoms with Crippen LogP contribution in [0, 0.1) is 0 Å². The average molecular weight is 481 g/mol. The molecule has 0 bridgehead atoms. The van der Waals surface area contributed by atoms with Crippen LogP contribution >= 0.6 is 27.7 Å². The molecule has 0 aromatic heterocycles. The van der Waals surface area contributed by atoms with Gasteiger partial charge in [0.25, 0.3) is 5.91 Å². The molecule has 0 saturated carbocycles. The fraction of sp³-hybridized carbons (Fsp3) is 0.136. The van der Waals surface area contributed by atoms with Gasteiger partial charge in [-0.25, -0.2) is 5.01 Å². The number of hydrazone groups is 1. The molecule has 1 N–H and O–H groups in total. The molecule has 2 aliphatic heterocycles. The van der Waals surface area contributed by atoms with Crippen LogP contribution < -0.4 is 20.6 Å². The molecule has 8 heteroatoms. The summed E-state index contributed by atoms with van der Waals surface area (Å²) >= 11 is 4.88. The lowest BCUT2D eigenvalue weighted by Gasteiger charge is -2.34. The Morgan fingerprint density at radius 1 is 1.17 bits per heavy atom. The van der Waals surface area contributed by atoms with Crippen molar-refractivity contribution < 1.29 is 9.53 Å². The lowest BCUT2D eigenvalue weighted by atomic mass is 9.99. The summed E-state index contributed by atoms with van der Waals surface area (Å²) in [5.74, 6) is 0.502. The number of nitrogens with one attached hydrogen (secondary N) is 1. The maximum atomic E-state index is 13.1. The van der Waals surface area contributed by atoms with Crippen LogP contribution in [0.25, 0.3) is 16.5 Å². The molecule has 1 amide bonds. The van der Waals surface area contributed by atoms with Gasteiger partial charge in [0.15, 0.2) is 11.3 Å². The van der Waals surface area contributed by atoms with Gasteiger partial charge in [-0.3, -0.25) is 15.1 Å². The van der Waals surface area contributed by atoms with Crippen LogP contribution in [0.4, 0.5) is 0 Å². The zero-order valence-corrected chi connectivity index (χ0v) is 18.6. The van der Waals surface area contributed by atoms with E-state index in [2.05, 4.69) is 27.3 Å². The predicted molar refractivity (Wildman–Crippen MR) is 123 cm³/mol. The van der Waals surface area contributed by atoms with Gasteiger partial charge >= 0.3 is 0 Å². The summed E-state index contributed by atoms with van der Waals surface area (Å²) in [5, 5.41) is 13.4. The van der Waals surface area contributed by atoms with E-state index in [-0.39, 0.29) is 5.91 Å². The molecule has 2 heterocycles. The Labute approximate surface area is 185 Å². The number of hydrogen-bond acceptors (Lipinski definition) is 6. The van der Waals surface area contributed by atoms with Crippen molar-refractivity contribution >= 4 is 55.2 Å². The van der Waals surface area contributed by atoms with Gasteiger partial charge in [-0.15, -0.1) is 5.10 Å². The summed E-state index contributed by atoms with van der Waals surface area (Å²) in [6.45, 7) is 0. The third-order valence-electron chi connectivity index (χ3n) is 5.17. The molecule has 6 nitrogen and oxygen atoms in total. The van der Waals surface area contributed by atoms with E-state index >= 15 is 0 Å². The summed E-state index contributed by atoms with van der Waals surface area (Å²) in [4.78, 5) is 18.1. The molecular weight excluding hydrogens is 464 g/mol. The quantitative estimate of drug-likeness (QED) is 0.611. The minimum absolute atomic E-state index is 0.201. The van der Waals surface area contributed by atoms with Gasteiger partial charge in [-0.05, 0) is 41.3 Å². The number of amidine groups is 1. The Morgan fingerprint density at radius 2 is 2.00 bits per heavy atom. The summed E-state index contributed by atoms with van der Waals surface area (Å²) in [5.41, 5.74) is 1.35. The Hall–Kier alpha value is -2.84. The molecule has 1 unspecified atom stereocenters. The third-order valence-corrected chi connectivity index (χ3v) is 6.24. The molecule has 0 saturated heterocycles. The Balaban J connectivity index is 1.87. The van der Waals surface area contributed by atoms with Crippen molar-refractivity contribution in [1.29, 1.82) is 0 Å². The van der Waals surface area contributed by atoms with Crippen LogP contribution in [0.5, 0.6) is 5.75 Å². The summed E-state index contributed by atoms with van der Waals surface area (Å²) < 4.78 is 6.59. The number of hydrogen-bond donors (Lipinski definition) is 1. The minimum Gasteiger partial charge on any atom is -0.496 e. The highest BCUT2D eigenvalue weighted by atomic mass is 79.9. The number of ether oxygens (including phenoxy) is 1. The Bertz CT molecular complexity index is 1350. The lowest BCUT2D eigenvalue weighted by molar-refractivity contribution is -0.116.